The number of benzene rings is 1. The summed E-state index contributed by atoms with van der Waals surface area (Å²) in [7, 11) is 0. The summed E-state index contributed by atoms with van der Waals surface area (Å²) in [4.78, 5) is 14.1. The second-order valence-corrected chi connectivity index (χ2v) is 5.48. The van der Waals surface area contributed by atoms with Crippen LogP contribution in [0.3, 0.4) is 0 Å². The molecule has 1 aromatic carbocycles. The smallest absolute Gasteiger partial charge is 0.322 e. The third-order valence-corrected chi connectivity index (χ3v) is 3.63. The van der Waals surface area contributed by atoms with E-state index in [1.165, 1.54) is 0 Å². The van der Waals surface area contributed by atoms with E-state index in [9.17, 15) is 4.79 Å². The third-order valence-electron chi connectivity index (χ3n) is 3.63. The number of morpholine rings is 1. The van der Waals surface area contributed by atoms with Gasteiger partial charge in [0.25, 0.3) is 0 Å². The number of urea groups is 1. The van der Waals surface area contributed by atoms with E-state index in [2.05, 4.69) is 5.32 Å². The Hall–Kier alpha value is -1.63. The molecule has 1 heterocycles. The fraction of sp³-hybridized carbons (Fsp3) is 0.533. The lowest BCUT2D eigenvalue weighted by molar-refractivity contribution is -0.0611. The van der Waals surface area contributed by atoms with Gasteiger partial charge >= 0.3 is 6.03 Å². The molecule has 116 valence electrons. The fourth-order valence-corrected chi connectivity index (χ4v) is 2.31. The average Bonchev–Trinajstić information content (AvgIpc) is 2.48. The molecule has 2 rings (SSSR count). The molecule has 4 N–H and O–H groups in total. The standard InChI is InChI=1S/C15H23N3O3/c1-10-9-21-14(8-19)7-18(10)15(20)17-13-5-3-4-12(6-13)11(2)16/h3-6,10-11,14,19H,7-9,16H2,1-2H3,(H,17,20). The highest BCUT2D eigenvalue weighted by molar-refractivity contribution is 5.89. The normalized spacial score (nSPS) is 23.7. The number of anilines is 1. The largest absolute Gasteiger partial charge is 0.394 e. The van der Waals surface area contributed by atoms with Crippen LogP contribution in [-0.4, -0.2) is 47.9 Å². The molecule has 0 aliphatic carbocycles. The predicted octanol–water partition coefficient (Wildman–Crippen LogP) is 1.32. The van der Waals surface area contributed by atoms with E-state index < -0.39 is 0 Å². The molecule has 1 fully saturated rings. The van der Waals surface area contributed by atoms with E-state index in [-0.39, 0.29) is 30.8 Å². The van der Waals surface area contributed by atoms with E-state index in [4.69, 9.17) is 15.6 Å². The maximum Gasteiger partial charge on any atom is 0.322 e. The summed E-state index contributed by atoms with van der Waals surface area (Å²) in [6, 6.07) is 7.21. The highest BCUT2D eigenvalue weighted by Gasteiger charge is 2.29. The zero-order valence-electron chi connectivity index (χ0n) is 12.5. The van der Waals surface area contributed by atoms with Crippen LogP contribution in [0.5, 0.6) is 0 Å². The topological polar surface area (TPSA) is 87.8 Å². The number of nitrogens with zero attached hydrogens (tertiary/aromatic N) is 1. The van der Waals surface area contributed by atoms with Crippen LogP contribution in [0.15, 0.2) is 24.3 Å². The van der Waals surface area contributed by atoms with Gasteiger partial charge in [-0.2, -0.15) is 0 Å². The Kier molecular flexibility index (Phi) is 5.17. The zero-order valence-corrected chi connectivity index (χ0v) is 12.5. The first-order chi connectivity index (χ1) is 10.0. The van der Waals surface area contributed by atoms with E-state index in [0.717, 1.165) is 5.56 Å². The molecule has 6 heteroatoms. The van der Waals surface area contributed by atoms with Crippen molar-refractivity contribution < 1.29 is 14.6 Å². The molecule has 1 aliphatic heterocycles. The van der Waals surface area contributed by atoms with Crippen LogP contribution in [-0.2, 0) is 4.74 Å². The number of rotatable bonds is 3. The van der Waals surface area contributed by atoms with Crippen molar-refractivity contribution in [2.45, 2.75) is 32.0 Å². The molecular weight excluding hydrogens is 270 g/mol. The van der Waals surface area contributed by atoms with Crippen molar-refractivity contribution in [3.8, 4) is 0 Å². The molecule has 2 amide bonds. The number of aliphatic hydroxyl groups excluding tert-OH is 1. The molecule has 21 heavy (non-hydrogen) atoms. The lowest BCUT2D eigenvalue weighted by Gasteiger charge is -2.37. The minimum Gasteiger partial charge on any atom is -0.394 e. The van der Waals surface area contributed by atoms with Crippen LogP contribution >= 0.6 is 0 Å². The second kappa shape index (κ2) is 6.89. The van der Waals surface area contributed by atoms with Gasteiger partial charge in [-0.3, -0.25) is 0 Å². The Balaban J connectivity index is 2.04. The number of amides is 2. The lowest BCUT2D eigenvalue weighted by Crippen LogP contribution is -2.53. The molecule has 6 nitrogen and oxygen atoms in total. The first kappa shape index (κ1) is 15.8. The number of nitrogens with two attached hydrogens (primary N) is 1. The second-order valence-electron chi connectivity index (χ2n) is 5.48. The van der Waals surface area contributed by atoms with Gasteiger partial charge in [0.1, 0.15) is 0 Å². The fourth-order valence-electron chi connectivity index (χ4n) is 2.31. The van der Waals surface area contributed by atoms with Crippen molar-refractivity contribution in [3.63, 3.8) is 0 Å². The number of aliphatic hydroxyl groups is 1. The van der Waals surface area contributed by atoms with Crippen LogP contribution in [0.2, 0.25) is 0 Å². The molecule has 0 spiro atoms. The van der Waals surface area contributed by atoms with Crippen molar-refractivity contribution in [1.82, 2.24) is 4.90 Å². The number of hydrogen-bond acceptors (Lipinski definition) is 4. The summed E-state index contributed by atoms with van der Waals surface area (Å²) in [5.74, 6) is 0. The highest BCUT2D eigenvalue weighted by atomic mass is 16.5. The highest BCUT2D eigenvalue weighted by Crippen LogP contribution is 2.18. The summed E-state index contributed by atoms with van der Waals surface area (Å²) < 4.78 is 5.43. The number of ether oxygens (including phenoxy) is 1. The number of nitrogens with one attached hydrogen (secondary N) is 1. The van der Waals surface area contributed by atoms with E-state index in [1.54, 1.807) is 4.90 Å². The Morgan fingerprint density at radius 3 is 3.05 bits per heavy atom. The predicted molar refractivity (Wildman–Crippen MR) is 81.1 cm³/mol. The molecule has 1 aliphatic rings. The van der Waals surface area contributed by atoms with Crippen LogP contribution < -0.4 is 11.1 Å². The molecule has 1 aromatic rings. The van der Waals surface area contributed by atoms with Gasteiger partial charge in [-0.25, -0.2) is 4.79 Å². The number of carbonyl (C=O) groups is 1. The Labute approximate surface area is 124 Å². The number of hydrogen-bond donors (Lipinski definition) is 3. The molecule has 0 saturated carbocycles. The van der Waals surface area contributed by atoms with Crippen LogP contribution in [0.1, 0.15) is 25.5 Å². The molecule has 1 saturated heterocycles. The third kappa shape index (κ3) is 3.93. The maximum atomic E-state index is 12.4. The lowest BCUT2D eigenvalue weighted by atomic mass is 10.1. The summed E-state index contributed by atoms with van der Waals surface area (Å²) in [5, 5.41) is 12.0. The van der Waals surface area contributed by atoms with Crippen LogP contribution in [0, 0.1) is 0 Å². The monoisotopic (exact) mass is 293 g/mol. The van der Waals surface area contributed by atoms with Crippen LogP contribution in [0.25, 0.3) is 0 Å². The summed E-state index contributed by atoms with van der Waals surface area (Å²) in [6.07, 6.45) is -0.317. The van der Waals surface area contributed by atoms with E-state index in [1.807, 2.05) is 38.1 Å². The van der Waals surface area contributed by atoms with Crippen molar-refractivity contribution in [2.75, 3.05) is 25.1 Å². The zero-order chi connectivity index (χ0) is 15.4. The Morgan fingerprint density at radius 1 is 1.62 bits per heavy atom. The summed E-state index contributed by atoms with van der Waals surface area (Å²) >= 11 is 0. The van der Waals surface area contributed by atoms with Gasteiger partial charge in [0.2, 0.25) is 0 Å². The minimum absolute atomic E-state index is 0.0237. The van der Waals surface area contributed by atoms with Gasteiger partial charge < -0.3 is 25.8 Å². The molecule has 0 aromatic heterocycles. The van der Waals surface area contributed by atoms with Gasteiger partial charge in [-0.15, -0.1) is 0 Å². The quantitative estimate of drug-likeness (QED) is 0.784. The van der Waals surface area contributed by atoms with E-state index in [0.29, 0.717) is 18.8 Å². The Morgan fingerprint density at radius 2 is 2.38 bits per heavy atom. The minimum atomic E-state index is -0.317. The average molecular weight is 293 g/mol. The maximum absolute atomic E-state index is 12.4. The van der Waals surface area contributed by atoms with Gasteiger partial charge in [-0.05, 0) is 31.5 Å². The van der Waals surface area contributed by atoms with Crippen LogP contribution in [0.4, 0.5) is 10.5 Å². The molecular formula is C15H23N3O3. The molecule has 3 atom stereocenters. The van der Waals surface area contributed by atoms with Crippen molar-refractivity contribution in [1.29, 1.82) is 0 Å². The van der Waals surface area contributed by atoms with E-state index >= 15 is 0 Å². The van der Waals surface area contributed by atoms with Crippen molar-refractivity contribution >= 4 is 11.7 Å². The van der Waals surface area contributed by atoms with Crippen molar-refractivity contribution in [2.24, 2.45) is 5.73 Å². The van der Waals surface area contributed by atoms with Gasteiger partial charge in [0.15, 0.2) is 0 Å². The summed E-state index contributed by atoms with van der Waals surface area (Å²) in [5.41, 5.74) is 7.53. The van der Waals surface area contributed by atoms with Gasteiger partial charge in [0.05, 0.1) is 31.9 Å². The van der Waals surface area contributed by atoms with Gasteiger partial charge in [0, 0.05) is 11.7 Å². The number of carbonyl (C=O) groups excluding carboxylic acids is 1. The first-order valence-corrected chi connectivity index (χ1v) is 7.17. The molecule has 3 unspecified atom stereocenters. The summed E-state index contributed by atoms with van der Waals surface area (Å²) in [6.45, 7) is 4.55. The SMILES string of the molecule is CC(N)c1cccc(NC(=O)N2CC(CO)OCC2C)c1. The molecule has 0 radical (unpaired) electrons. The Bertz CT molecular complexity index is 493. The van der Waals surface area contributed by atoms with Crippen molar-refractivity contribution in [3.05, 3.63) is 29.8 Å². The molecule has 0 bridgehead atoms. The van der Waals surface area contributed by atoms with Gasteiger partial charge in [-0.1, -0.05) is 12.1 Å². The first-order valence-electron chi connectivity index (χ1n) is 7.17.